The predicted octanol–water partition coefficient (Wildman–Crippen LogP) is 3.21. The number of hydrogen-bond donors (Lipinski definition) is 3. The average molecular weight is 423 g/mol. The van der Waals surface area contributed by atoms with Crippen molar-refractivity contribution in [2.75, 3.05) is 18.9 Å². The number of aromatic hydroxyl groups is 1. The number of fused-ring (bicyclic) bond motifs is 1. The molecule has 3 aromatic rings. The number of carbonyl (C=O) groups is 2. The average Bonchev–Trinajstić information content (AvgIpc) is 2.72. The van der Waals surface area contributed by atoms with Crippen LogP contribution in [0.25, 0.3) is 10.9 Å². The van der Waals surface area contributed by atoms with Gasteiger partial charge in [0.2, 0.25) is 0 Å². The lowest BCUT2D eigenvalue weighted by molar-refractivity contribution is 0.0526. The van der Waals surface area contributed by atoms with Crippen molar-refractivity contribution < 1.29 is 24.2 Å². The molecular formula is C23H25N3O5. The number of aromatic nitrogens is 1. The quantitative estimate of drug-likeness (QED) is 0.499. The lowest BCUT2D eigenvalue weighted by Gasteiger charge is -2.18. The molecule has 1 amide bonds. The van der Waals surface area contributed by atoms with Crippen molar-refractivity contribution >= 4 is 28.5 Å². The highest BCUT2D eigenvalue weighted by atomic mass is 16.5. The Kier molecular flexibility index (Phi) is 6.59. The molecule has 8 heteroatoms. The first-order chi connectivity index (χ1) is 14.8. The van der Waals surface area contributed by atoms with Crippen LogP contribution < -0.4 is 15.8 Å². The number of amides is 1. The molecule has 0 radical (unpaired) electrons. The van der Waals surface area contributed by atoms with E-state index < -0.39 is 5.97 Å². The van der Waals surface area contributed by atoms with Gasteiger partial charge in [-0.3, -0.25) is 9.78 Å². The van der Waals surface area contributed by atoms with Crippen molar-refractivity contribution in [2.45, 2.75) is 26.8 Å². The molecule has 0 aliphatic heterocycles. The predicted molar refractivity (Wildman–Crippen MR) is 117 cm³/mol. The highest BCUT2D eigenvalue weighted by Crippen LogP contribution is 2.33. The topological polar surface area (TPSA) is 124 Å². The number of ether oxygens (including phenoxy) is 2. The minimum atomic E-state index is -0.534. The highest BCUT2D eigenvalue weighted by molar-refractivity contribution is 6.07. The molecule has 0 saturated carbocycles. The zero-order valence-electron chi connectivity index (χ0n) is 17.6. The normalized spacial score (nSPS) is 11.7. The Balaban J connectivity index is 1.80. The number of nitrogens with zero attached hydrogens (tertiary/aromatic N) is 1. The summed E-state index contributed by atoms with van der Waals surface area (Å²) in [6, 6.07) is 11.0. The molecule has 31 heavy (non-hydrogen) atoms. The van der Waals surface area contributed by atoms with E-state index in [1.165, 1.54) is 12.1 Å². The third kappa shape index (κ3) is 4.85. The molecule has 0 fully saturated rings. The standard InChI is InChI=1S/C23H25N3O5/c1-4-30-23(29)19-14(3)26-17-9-6-10-18(20(17)21(19)24)31-12-13(2)25-22(28)15-7-5-8-16(27)11-15/h5-11,13,27H,4,12H2,1-3H3,(H2,24,26)(H,25,28)/t13-/m1/s1. The molecule has 0 unspecified atom stereocenters. The lowest BCUT2D eigenvalue weighted by Crippen LogP contribution is -2.36. The minimum Gasteiger partial charge on any atom is -0.508 e. The molecule has 1 heterocycles. The van der Waals surface area contributed by atoms with Crippen LogP contribution in [-0.2, 0) is 4.74 Å². The van der Waals surface area contributed by atoms with E-state index in [9.17, 15) is 14.7 Å². The molecule has 0 aliphatic rings. The number of carbonyl (C=O) groups excluding carboxylic acids is 2. The van der Waals surface area contributed by atoms with Crippen LogP contribution in [0.2, 0.25) is 0 Å². The summed E-state index contributed by atoms with van der Waals surface area (Å²) in [4.78, 5) is 29.2. The van der Waals surface area contributed by atoms with Gasteiger partial charge in [0.25, 0.3) is 5.91 Å². The summed E-state index contributed by atoms with van der Waals surface area (Å²) in [7, 11) is 0. The molecule has 2 aromatic carbocycles. The highest BCUT2D eigenvalue weighted by Gasteiger charge is 2.21. The summed E-state index contributed by atoms with van der Waals surface area (Å²) in [6.07, 6.45) is 0. The van der Waals surface area contributed by atoms with Gasteiger partial charge in [-0.15, -0.1) is 0 Å². The number of nitrogens with one attached hydrogen (secondary N) is 1. The molecule has 8 nitrogen and oxygen atoms in total. The van der Waals surface area contributed by atoms with Crippen LogP contribution in [0.4, 0.5) is 5.69 Å². The number of phenolic OH excluding ortho intramolecular Hbond substituents is 1. The maximum absolute atomic E-state index is 12.3. The summed E-state index contributed by atoms with van der Waals surface area (Å²) in [5, 5.41) is 12.9. The van der Waals surface area contributed by atoms with E-state index in [-0.39, 0.29) is 42.2 Å². The van der Waals surface area contributed by atoms with E-state index in [1.54, 1.807) is 51.1 Å². The number of phenols is 1. The van der Waals surface area contributed by atoms with Gasteiger partial charge in [0.05, 0.1) is 34.9 Å². The fourth-order valence-electron chi connectivity index (χ4n) is 3.23. The summed E-state index contributed by atoms with van der Waals surface area (Å²) in [6.45, 7) is 5.60. The Hall–Kier alpha value is -3.81. The van der Waals surface area contributed by atoms with Crippen molar-refractivity contribution in [1.82, 2.24) is 10.3 Å². The van der Waals surface area contributed by atoms with Gasteiger partial charge in [-0.05, 0) is 51.1 Å². The molecule has 0 aliphatic carbocycles. The van der Waals surface area contributed by atoms with Gasteiger partial charge in [-0.1, -0.05) is 12.1 Å². The number of aryl methyl sites for hydroxylation is 1. The van der Waals surface area contributed by atoms with Crippen LogP contribution in [0.15, 0.2) is 42.5 Å². The van der Waals surface area contributed by atoms with Crippen LogP contribution in [0.5, 0.6) is 11.5 Å². The molecule has 4 N–H and O–H groups in total. The van der Waals surface area contributed by atoms with Gasteiger partial charge in [-0.2, -0.15) is 0 Å². The van der Waals surface area contributed by atoms with E-state index in [2.05, 4.69) is 10.3 Å². The summed E-state index contributed by atoms with van der Waals surface area (Å²) < 4.78 is 11.0. The smallest absolute Gasteiger partial charge is 0.342 e. The molecule has 0 bridgehead atoms. The summed E-state index contributed by atoms with van der Waals surface area (Å²) in [5.74, 6) is -0.394. The molecule has 1 atom stereocenters. The van der Waals surface area contributed by atoms with Crippen molar-refractivity contribution in [1.29, 1.82) is 0 Å². The number of hydrogen-bond acceptors (Lipinski definition) is 7. The third-order valence-electron chi connectivity index (χ3n) is 4.65. The molecule has 0 spiro atoms. The third-order valence-corrected chi connectivity index (χ3v) is 4.65. The Morgan fingerprint density at radius 2 is 1.97 bits per heavy atom. The number of pyridine rings is 1. The Morgan fingerprint density at radius 3 is 2.68 bits per heavy atom. The van der Waals surface area contributed by atoms with Gasteiger partial charge in [-0.25, -0.2) is 4.79 Å². The molecule has 162 valence electrons. The van der Waals surface area contributed by atoms with Gasteiger partial charge < -0.3 is 25.6 Å². The first kappa shape index (κ1) is 21.9. The zero-order valence-corrected chi connectivity index (χ0v) is 17.6. The lowest BCUT2D eigenvalue weighted by atomic mass is 10.1. The number of benzene rings is 2. The molecule has 1 aromatic heterocycles. The number of esters is 1. The van der Waals surface area contributed by atoms with E-state index in [1.807, 2.05) is 0 Å². The largest absolute Gasteiger partial charge is 0.508 e. The first-order valence-corrected chi connectivity index (χ1v) is 9.90. The maximum atomic E-state index is 12.3. The van der Waals surface area contributed by atoms with Gasteiger partial charge in [0, 0.05) is 5.56 Å². The Labute approximate surface area is 180 Å². The van der Waals surface area contributed by atoms with E-state index >= 15 is 0 Å². The van der Waals surface area contributed by atoms with Crippen molar-refractivity contribution in [3.05, 3.63) is 59.3 Å². The minimum absolute atomic E-state index is 0.0166. The second kappa shape index (κ2) is 9.34. The van der Waals surface area contributed by atoms with E-state index in [4.69, 9.17) is 15.2 Å². The molecule has 0 saturated heterocycles. The molecule has 3 rings (SSSR count). The van der Waals surface area contributed by atoms with Crippen LogP contribution >= 0.6 is 0 Å². The van der Waals surface area contributed by atoms with E-state index in [0.29, 0.717) is 27.9 Å². The first-order valence-electron chi connectivity index (χ1n) is 9.90. The van der Waals surface area contributed by atoms with E-state index in [0.717, 1.165) is 0 Å². The van der Waals surface area contributed by atoms with Crippen LogP contribution in [0, 0.1) is 6.92 Å². The van der Waals surface area contributed by atoms with Gasteiger partial charge in [0.1, 0.15) is 23.7 Å². The Bertz CT molecular complexity index is 1130. The second-order valence-corrected chi connectivity index (χ2v) is 7.09. The molecular weight excluding hydrogens is 398 g/mol. The maximum Gasteiger partial charge on any atom is 0.342 e. The summed E-state index contributed by atoms with van der Waals surface area (Å²) in [5.41, 5.74) is 8.20. The van der Waals surface area contributed by atoms with Crippen molar-refractivity contribution in [3.63, 3.8) is 0 Å². The van der Waals surface area contributed by atoms with Crippen molar-refractivity contribution in [3.8, 4) is 11.5 Å². The second-order valence-electron chi connectivity index (χ2n) is 7.09. The van der Waals surface area contributed by atoms with Gasteiger partial charge in [0.15, 0.2) is 0 Å². The van der Waals surface area contributed by atoms with Crippen LogP contribution in [0.1, 0.15) is 40.3 Å². The van der Waals surface area contributed by atoms with Gasteiger partial charge >= 0.3 is 5.97 Å². The number of rotatable bonds is 7. The number of nitrogens with two attached hydrogens (primary N) is 1. The monoisotopic (exact) mass is 423 g/mol. The fraction of sp³-hybridized carbons (Fsp3) is 0.261. The SMILES string of the molecule is CCOC(=O)c1c(C)nc2cccc(OC[C@@H](C)NC(=O)c3cccc(O)c3)c2c1N. The number of anilines is 1. The fourth-order valence-corrected chi connectivity index (χ4v) is 3.23. The van der Waals surface area contributed by atoms with Crippen LogP contribution in [-0.4, -0.2) is 41.2 Å². The van der Waals surface area contributed by atoms with Crippen molar-refractivity contribution in [2.24, 2.45) is 0 Å². The Morgan fingerprint density at radius 1 is 1.23 bits per heavy atom. The zero-order chi connectivity index (χ0) is 22.5. The summed E-state index contributed by atoms with van der Waals surface area (Å²) >= 11 is 0. The van der Waals surface area contributed by atoms with Crippen LogP contribution in [0.3, 0.4) is 0 Å². The number of nitrogen functional groups attached to an aromatic ring is 1.